The molecule has 22 heavy (non-hydrogen) atoms. The summed E-state index contributed by atoms with van der Waals surface area (Å²) >= 11 is 1.44. The van der Waals surface area contributed by atoms with Crippen LogP contribution in [0.25, 0.3) is 10.8 Å². The van der Waals surface area contributed by atoms with Crippen LogP contribution in [0.15, 0.2) is 42.5 Å². The normalized spacial score (nSPS) is 11.9. The monoisotopic (exact) mass is 317 g/mol. The fourth-order valence-electron chi connectivity index (χ4n) is 2.01. The van der Waals surface area contributed by atoms with Gasteiger partial charge in [-0.2, -0.15) is 0 Å². The van der Waals surface area contributed by atoms with Gasteiger partial charge in [-0.25, -0.2) is 0 Å². The maximum atomic E-state index is 12.1. The number of ether oxygens (including phenoxy) is 1. The molecular formula is C17H19NO3S. The molecule has 0 saturated carbocycles. The summed E-state index contributed by atoms with van der Waals surface area (Å²) in [6.07, 6.45) is 0.314. The maximum absolute atomic E-state index is 12.1. The molecule has 0 aliphatic heterocycles. The van der Waals surface area contributed by atoms with E-state index in [0.717, 1.165) is 16.5 Å². The summed E-state index contributed by atoms with van der Waals surface area (Å²) in [5.41, 5.74) is 0.782. The molecule has 2 aromatic carbocycles. The molecular weight excluding hydrogens is 298 g/mol. The van der Waals surface area contributed by atoms with Crippen LogP contribution in [0, 0.1) is 0 Å². The Hall–Kier alpha value is -2.01. The highest BCUT2D eigenvalue weighted by Crippen LogP contribution is 2.20. The molecule has 1 N–H and O–H groups in total. The summed E-state index contributed by atoms with van der Waals surface area (Å²) in [7, 11) is 1.36. The number of thioether (sulfide) groups is 1. The smallest absolute Gasteiger partial charge is 0.306 e. The number of amides is 1. The zero-order valence-corrected chi connectivity index (χ0v) is 13.5. The highest BCUT2D eigenvalue weighted by Gasteiger charge is 2.14. The largest absolute Gasteiger partial charge is 0.469 e. The number of carbonyl (C=O) groups excluding carboxylic acids is 2. The zero-order valence-electron chi connectivity index (χ0n) is 12.7. The maximum Gasteiger partial charge on any atom is 0.306 e. The Balaban J connectivity index is 1.90. The third kappa shape index (κ3) is 4.49. The van der Waals surface area contributed by atoms with Crippen molar-refractivity contribution in [2.45, 2.75) is 18.6 Å². The summed E-state index contributed by atoms with van der Waals surface area (Å²) in [5.74, 6) is 0.249. The van der Waals surface area contributed by atoms with Crippen molar-refractivity contribution < 1.29 is 14.3 Å². The van der Waals surface area contributed by atoms with Gasteiger partial charge >= 0.3 is 5.97 Å². The second-order valence-electron chi connectivity index (χ2n) is 4.89. The lowest BCUT2D eigenvalue weighted by atomic mass is 10.1. The minimum absolute atomic E-state index is 0.0647. The molecule has 0 heterocycles. The second-order valence-corrected chi connectivity index (χ2v) is 6.34. The van der Waals surface area contributed by atoms with Gasteiger partial charge < -0.3 is 10.1 Å². The molecule has 0 radical (unpaired) electrons. The van der Waals surface area contributed by atoms with Crippen LogP contribution < -0.4 is 5.32 Å². The molecule has 1 amide bonds. The standard InChI is InChI=1S/C17H19NO3S/c1-12(22-10-9-16(19)21-2)17(20)18-15-8-7-13-5-3-4-6-14(13)11-15/h3-8,11-12H,9-10H2,1-2H3,(H,18,20)/t12-/m0/s1. The van der Waals surface area contributed by atoms with E-state index < -0.39 is 0 Å². The van der Waals surface area contributed by atoms with E-state index in [0.29, 0.717) is 12.2 Å². The van der Waals surface area contributed by atoms with E-state index in [1.54, 1.807) is 0 Å². The number of hydrogen-bond acceptors (Lipinski definition) is 4. The van der Waals surface area contributed by atoms with E-state index in [1.165, 1.54) is 18.9 Å². The van der Waals surface area contributed by atoms with Gasteiger partial charge in [0.2, 0.25) is 5.91 Å². The topological polar surface area (TPSA) is 55.4 Å². The van der Waals surface area contributed by atoms with E-state index in [1.807, 2.05) is 49.4 Å². The van der Waals surface area contributed by atoms with Crippen LogP contribution in [0.2, 0.25) is 0 Å². The van der Waals surface area contributed by atoms with Gasteiger partial charge in [0.05, 0.1) is 18.8 Å². The van der Waals surface area contributed by atoms with Gasteiger partial charge in [0, 0.05) is 11.4 Å². The van der Waals surface area contributed by atoms with Crippen LogP contribution in [-0.4, -0.2) is 30.0 Å². The minimum Gasteiger partial charge on any atom is -0.469 e. The lowest BCUT2D eigenvalue weighted by Gasteiger charge is -2.12. The SMILES string of the molecule is COC(=O)CCS[C@@H](C)C(=O)Nc1ccc2ccccc2c1. The molecule has 4 nitrogen and oxygen atoms in total. The molecule has 5 heteroatoms. The minimum atomic E-state index is -0.255. The van der Waals surface area contributed by atoms with Crippen LogP contribution in [0.4, 0.5) is 5.69 Å². The Morgan fingerprint density at radius 2 is 1.91 bits per heavy atom. The van der Waals surface area contributed by atoms with Gasteiger partial charge in [0.1, 0.15) is 0 Å². The highest BCUT2D eigenvalue weighted by molar-refractivity contribution is 8.00. The number of nitrogens with one attached hydrogen (secondary N) is 1. The summed E-state index contributed by atoms with van der Waals surface area (Å²) in [4.78, 5) is 23.2. The number of anilines is 1. The van der Waals surface area contributed by atoms with Crippen LogP contribution in [0.3, 0.4) is 0 Å². The van der Waals surface area contributed by atoms with Gasteiger partial charge in [-0.15, -0.1) is 11.8 Å². The molecule has 1 atom stereocenters. The molecule has 2 rings (SSSR count). The van der Waals surface area contributed by atoms with Crippen molar-refractivity contribution >= 4 is 40.1 Å². The third-order valence-electron chi connectivity index (χ3n) is 3.29. The van der Waals surface area contributed by atoms with Gasteiger partial charge in [-0.3, -0.25) is 9.59 Å². The Kier molecular flexibility index (Phi) is 5.83. The summed E-state index contributed by atoms with van der Waals surface area (Å²) in [6.45, 7) is 1.83. The van der Waals surface area contributed by atoms with Crippen LogP contribution in [-0.2, 0) is 14.3 Å². The molecule has 0 aliphatic carbocycles. The van der Waals surface area contributed by atoms with Crippen molar-refractivity contribution in [1.29, 1.82) is 0 Å². The fraction of sp³-hybridized carbons (Fsp3) is 0.294. The third-order valence-corrected chi connectivity index (χ3v) is 4.44. The molecule has 0 spiro atoms. The quantitative estimate of drug-likeness (QED) is 0.829. The molecule has 0 saturated heterocycles. The molecule has 0 unspecified atom stereocenters. The molecule has 0 fully saturated rings. The predicted molar refractivity (Wildman–Crippen MR) is 91.1 cm³/mol. The van der Waals surface area contributed by atoms with Crippen molar-refractivity contribution in [3.05, 3.63) is 42.5 Å². The summed E-state index contributed by atoms with van der Waals surface area (Å²) in [5, 5.41) is 4.91. The lowest BCUT2D eigenvalue weighted by Crippen LogP contribution is -2.23. The van der Waals surface area contributed by atoms with E-state index >= 15 is 0 Å². The van der Waals surface area contributed by atoms with Gasteiger partial charge in [-0.05, 0) is 29.8 Å². The number of hydrogen-bond donors (Lipinski definition) is 1. The number of methoxy groups -OCH3 is 1. The van der Waals surface area contributed by atoms with Gasteiger partial charge in [0.15, 0.2) is 0 Å². The second kappa shape index (κ2) is 7.84. The van der Waals surface area contributed by atoms with E-state index in [2.05, 4.69) is 10.1 Å². The first-order chi connectivity index (χ1) is 10.6. The molecule has 2 aromatic rings. The van der Waals surface area contributed by atoms with Gasteiger partial charge in [0.25, 0.3) is 0 Å². The Labute approximate surface area is 134 Å². The van der Waals surface area contributed by atoms with Crippen LogP contribution in [0.1, 0.15) is 13.3 Å². The predicted octanol–water partition coefficient (Wildman–Crippen LogP) is 3.46. The Morgan fingerprint density at radius 1 is 1.18 bits per heavy atom. The number of benzene rings is 2. The van der Waals surface area contributed by atoms with Crippen molar-refractivity contribution in [2.75, 3.05) is 18.2 Å². The van der Waals surface area contributed by atoms with Crippen molar-refractivity contribution in [3.8, 4) is 0 Å². The fourth-order valence-corrected chi connectivity index (χ4v) is 2.86. The summed E-state index contributed by atoms with van der Waals surface area (Å²) < 4.78 is 4.58. The van der Waals surface area contributed by atoms with Crippen LogP contribution >= 0.6 is 11.8 Å². The van der Waals surface area contributed by atoms with E-state index in [-0.39, 0.29) is 17.1 Å². The molecule has 116 valence electrons. The Bertz CT molecular complexity index is 672. The van der Waals surface area contributed by atoms with Crippen molar-refractivity contribution in [1.82, 2.24) is 0 Å². The first-order valence-electron chi connectivity index (χ1n) is 7.08. The van der Waals surface area contributed by atoms with Crippen LogP contribution in [0.5, 0.6) is 0 Å². The average Bonchev–Trinajstić information content (AvgIpc) is 2.54. The Morgan fingerprint density at radius 3 is 2.64 bits per heavy atom. The van der Waals surface area contributed by atoms with Crippen molar-refractivity contribution in [2.24, 2.45) is 0 Å². The first kappa shape index (κ1) is 16.4. The number of fused-ring (bicyclic) bond motifs is 1. The molecule has 0 bridgehead atoms. The number of esters is 1. The summed E-state index contributed by atoms with van der Waals surface area (Å²) in [6, 6.07) is 13.8. The van der Waals surface area contributed by atoms with E-state index in [4.69, 9.17) is 0 Å². The lowest BCUT2D eigenvalue weighted by molar-refractivity contribution is -0.140. The molecule has 0 aromatic heterocycles. The zero-order chi connectivity index (χ0) is 15.9. The molecule has 0 aliphatic rings. The van der Waals surface area contributed by atoms with Crippen molar-refractivity contribution in [3.63, 3.8) is 0 Å². The average molecular weight is 317 g/mol. The van der Waals surface area contributed by atoms with E-state index in [9.17, 15) is 9.59 Å². The number of carbonyl (C=O) groups is 2. The number of rotatable bonds is 6. The first-order valence-corrected chi connectivity index (χ1v) is 8.13. The van der Waals surface area contributed by atoms with Gasteiger partial charge in [-0.1, -0.05) is 30.3 Å². The highest BCUT2D eigenvalue weighted by atomic mass is 32.2.